The first kappa shape index (κ1) is 29.7. The van der Waals surface area contributed by atoms with Crippen molar-refractivity contribution in [3.63, 3.8) is 0 Å². The molecule has 0 fully saturated rings. The average molecular weight is 315 g/mol. The van der Waals surface area contributed by atoms with Gasteiger partial charge in [-0.1, -0.05) is 109 Å². The Bertz CT molecular complexity index is 199. The molecule has 138 valence electrons. The van der Waals surface area contributed by atoms with Crippen LogP contribution in [-0.2, 0) is 0 Å². The number of hydrogen-bond acceptors (Lipinski definition) is 0. The van der Waals surface area contributed by atoms with Crippen LogP contribution in [0, 0.1) is 16.2 Å². The quantitative estimate of drug-likeness (QED) is 0.454. The first-order chi connectivity index (χ1) is 9.85. The smallest absolute Gasteiger partial charge is 0.0152 e. The summed E-state index contributed by atoms with van der Waals surface area (Å²) in [5.74, 6) is 0. The summed E-state index contributed by atoms with van der Waals surface area (Å²) < 4.78 is 0. The summed E-state index contributed by atoms with van der Waals surface area (Å²) in [6.07, 6.45) is 7.07. The third kappa shape index (κ3) is 19.7. The molecule has 0 aromatic heterocycles. The van der Waals surface area contributed by atoms with Crippen molar-refractivity contribution in [2.75, 3.05) is 0 Å². The fourth-order valence-corrected chi connectivity index (χ4v) is 0.994. The molecule has 0 aromatic carbocycles. The molecule has 0 radical (unpaired) electrons. The van der Waals surface area contributed by atoms with Gasteiger partial charge in [0, 0.05) is 0 Å². The summed E-state index contributed by atoms with van der Waals surface area (Å²) in [6, 6.07) is 0. The zero-order valence-electron chi connectivity index (χ0n) is 18.6. The van der Waals surface area contributed by atoms with E-state index in [0.29, 0.717) is 16.2 Å². The Morgan fingerprint density at radius 3 is 1.05 bits per heavy atom. The van der Waals surface area contributed by atoms with Crippen molar-refractivity contribution in [1.82, 2.24) is 0 Å². The van der Waals surface area contributed by atoms with Crippen LogP contribution in [0.2, 0.25) is 0 Å². The molecule has 22 heavy (non-hydrogen) atoms. The lowest BCUT2D eigenvalue weighted by Gasteiger charge is -2.34. The molecule has 0 aliphatic carbocycles. The molecule has 0 saturated heterocycles. The van der Waals surface area contributed by atoms with E-state index in [1.54, 1.807) is 0 Å². The first-order valence-corrected chi connectivity index (χ1v) is 9.48. The highest BCUT2D eigenvalue weighted by molar-refractivity contribution is 4.89. The van der Waals surface area contributed by atoms with Gasteiger partial charge in [0.05, 0.1) is 0 Å². The van der Waals surface area contributed by atoms with E-state index in [0.717, 1.165) is 0 Å². The Kier molecular flexibility index (Phi) is 21.1. The molecule has 0 aromatic rings. The Balaban J connectivity index is -0.000000114. The van der Waals surface area contributed by atoms with E-state index in [1.807, 2.05) is 13.8 Å². The van der Waals surface area contributed by atoms with E-state index < -0.39 is 0 Å². The van der Waals surface area contributed by atoms with Gasteiger partial charge in [-0.3, -0.25) is 0 Å². The highest BCUT2D eigenvalue weighted by Gasteiger charge is 2.26. The fraction of sp³-hybridized carbons (Fsp3) is 0.909. The summed E-state index contributed by atoms with van der Waals surface area (Å²) in [6.45, 7) is 32.4. The van der Waals surface area contributed by atoms with Crippen LogP contribution in [0.3, 0.4) is 0 Å². The highest BCUT2D eigenvalue weighted by Crippen LogP contribution is 2.36. The molecule has 0 rings (SSSR count). The average Bonchev–Trinajstić information content (AvgIpc) is 2.40. The second kappa shape index (κ2) is 15.6. The summed E-state index contributed by atoms with van der Waals surface area (Å²) in [5, 5.41) is 0. The van der Waals surface area contributed by atoms with Crippen LogP contribution in [-0.4, -0.2) is 0 Å². The second-order valence-corrected chi connectivity index (χ2v) is 8.17. The van der Waals surface area contributed by atoms with E-state index in [1.165, 1.54) is 25.7 Å². The minimum atomic E-state index is 0.398. The normalized spacial score (nSPS) is 13.1. The lowest BCUT2D eigenvalue weighted by molar-refractivity contribution is 0.157. The van der Waals surface area contributed by atoms with Gasteiger partial charge in [0.15, 0.2) is 0 Å². The van der Waals surface area contributed by atoms with Gasteiger partial charge in [0.1, 0.15) is 0 Å². The first-order valence-electron chi connectivity index (χ1n) is 9.48. The molecule has 0 heteroatoms. The van der Waals surface area contributed by atoms with E-state index >= 15 is 0 Å². The summed E-state index contributed by atoms with van der Waals surface area (Å²) >= 11 is 0. The van der Waals surface area contributed by atoms with Crippen molar-refractivity contribution >= 4 is 0 Å². The zero-order valence-corrected chi connectivity index (χ0v) is 18.6. The van der Waals surface area contributed by atoms with Crippen LogP contribution in [0.25, 0.3) is 0 Å². The molecular formula is C22H50. The van der Waals surface area contributed by atoms with Gasteiger partial charge in [-0.25, -0.2) is 0 Å². The molecule has 0 nitrogen and oxygen atoms in total. The van der Waals surface area contributed by atoms with Crippen LogP contribution in [0.15, 0.2) is 12.7 Å². The topological polar surface area (TPSA) is 0 Å². The van der Waals surface area contributed by atoms with Crippen molar-refractivity contribution in [1.29, 1.82) is 0 Å². The maximum absolute atomic E-state index is 3.82. The molecule has 0 aliphatic heterocycles. The monoisotopic (exact) mass is 314 g/mol. The van der Waals surface area contributed by atoms with Gasteiger partial charge < -0.3 is 0 Å². The number of allylic oxidation sites excluding steroid dienone is 1. The van der Waals surface area contributed by atoms with E-state index in [2.05, 4.69) is 88.8 Å². The Morgan fingerprint density at radius 2 is 1.00 bits per heavy atom. The lowest BCUT2D eigenvalue weighted by atomic mass is 9.71. The maximum atomic E-state index is 3.82. The van der Waals surface area contributed by atoms with Gasteiger partial charge in [-0.05, 0) is 29.1 Å². The molecule has 0 saturated carbocycles. The van der Waals surface area contributed by atoms with Crippen molar-refractivity contribution in [2.45, 2.75) is 116 Å². The Labute approximate surface area is 145 Å². The van der Waals surface area contributed by atoms with Crippen LogP contribution >= 0.6 is 0 Å². The molecule has 1 unspecified atom stereocenters. The van der Waals surface area contributed by atoms with Gasteiger partial charge >= 0.3 is 0 Å². The van der Waals surface area contributed by atoms with E-state index in [4.69, 9.17) is 0 Å². The molecular weight excluding hydrogens is 264 g/mol. The molecule has 0 bridgehead atoms. The van der Waals surface area contributed by atoms with Crippen molar-refractivity contribution in [3.8, 4) is 0 Å². The van der Waals surface area contributed by atoms with E-state index in [-0.39, 0.29) is 0 Å². The molecule has 0 spiro atoms. The summed E-state index contributed by atoms with van der Waals surface area (Å²) in [5.41, 5.74) is 1.27. The number of rotatable bonds is 4. The third-order valence-corrected chi connectivity index (χ3v) is 4.37. The Hall–Kier alpha value is -0.260. The Morgan fingerprint density at radius 1 is 0.727 bits per heavy atom. The van der Waals surface area contributed by atoms with Crippen LogP contribution in [0.5, 0.6) is 0 Å². The van der Waals surface area contributed by atoms with Crippen molar-refractivity contribution in [2.24, 2.45) is 16.2 Å². The third-order valence-electron chi connectivity index (χ3n) is 4.37. The van der Waals surface area contributed by atoms with Gasteiger partial charge in [0.2, 0.25) is 0 Å². The van der Waals surface area contributed by atoms with Gasteiger partial charge in [-0.15, -0.1) is 6.58 Å². The standard InChI is InChI=1S/C9H18.C8H18.C3H8.C2H6/c1-5-8-9(4,6-2)7-3;1-7(2,3)8(4,5)6;1-3-2;1-2/h6H,2,5,7-8H2,1,3-4H3;1-6H3;3H2,1-2H3;1-2H3. The lowest BCUT2D eigenvalue weighted by Crippen LogP contribution is -2.25. The molecule has 0 aliphatic rings. The fourth-order valence-electron chi connectivity index (χ4n) is 0.994. The van der Waals surface area contributed by atoms with Crippen LogP contribution in [0.1, 0.15) is 116 Å². The van der Waals surface area contributed by atoms with Gasteiger partial charge in [-0.2, -0.15) is 0 Å². The summed E-state index contributed by atoms with van der Waals surface area (Å²) in [4.78, 5) is 0. The summed E-state index contributed by atoms with van der Waals surface area (Å²) in [7, 11) is 0. The predicted octanol–water partition coefficient (Wildman–Crippen LogP) is 8.91. The largest absolute Gasteiger partial charge is 0.103 e. The predicted molar refractivity (Wildman–Crippen MR) is 110 cm³/mol. The molecule has 0 amide bonds. The SMILES string of the molecule is C=CC(C)(CC)CCC.CC.CC(C)(C)C(C)(C)C.CCC. The van der Waals surface area contributed by atoms with Crippen molar-refractivity contribution < 1.29 is 0 Å². The minimum absolute atomic E-state index is 0.398. The van der Waals surface area contributed by atoms with Crippen LogP contribution < -0.4 is 0 Å². The van der Waals surface area contributed by atoms with Crippen molar-refractivity contribution in [3.05, 3.63) is 12.7 Å². The zero-order chi connectivity index (χ0) is 19.0. The van der Waals surface area contributed by atoms with E-state index in [9.17, 15) is 0 Å². The second-order valence-electron chi connectivity index (χ2n) is 8.17. The minimum Gasteiger partial charge on any atom is -0.103 e. The molecule has 1 atom stereocenters. The maximum Gasteiger partial charge on any atom is -0.0152 e. The molecule has 0 N–H and O–H groups in total. The number of hydrogen-bond donors (Lipinski definition) is 0. The molecule has 0 heterocycles. The van der Waals surface area contributed by atoms with Crippen LogP contribution in [0.4, 0.5) is 0 Å². The highest BCUT2D eigenvalue weighted by atomic mass is 14.3. The van der Waals surface area contributed by atoms with Gasteiger partial charge in [0.25, 0.3) is 0 Å².